The average Bonchev–Trinajstić information content (AvgIpc) is 2.26. The zero-order chi connectivity index (χ0) is 14.5. The van der Waals surface area contributed by atoms with E-state index in [0.29, 0.717) is 12.1 Å². The molecule has 1 aromatic carbocycles. The molecule has 0 radical (unpaired) electrons. The summed E-state index contributed by atoms with van der Waals surface area (Å²) in [6.45, 7) is 2.07. The number of nitro groups is 1. The van der Waals surface area contributed by atoms with Gasteiger partial charge in [-0.15, -0.1) is 0 Å². The third-order valence-corrected chi connectivity index (χ3v) is 2.55. The molecule has 0 atom stereocenters. The van der Waals surface area contributed by atoms with E-state index in [2.05, 4.69) is 5.32 Å². The molecule has 0 bridgehead atoms. The van der Waals surface area contributed by atoms with Gasteiger partial charge in [0, 0.05) is 19.0 Å². The topological polar surface area (TPSA) is 55.2 Å². The lowest BCUT2D eigenvalue weighted by atomic mass is 10.2. The number of nitro benzene ring substituents is 1. The number of anilines is 1. The van der Waals surface area contributed by atoms with Gasteiger partial charge in [-0.1, -0.05) is 6.07 Å². The summed E-state index contributed by atoms with van der Waals surface area (Å²) in [5.74, 6) is 0. The van der Waals surface area contributed by atoms with Crippen LogP contribution in [-0.2, 0) is 0 Å². The predicted molar refractivity (Wildman–Crippen MR) is 66.2 cm³/mol. The van der Waals surface area contributed by atoms with Gasteiger partial charge in [-0.2, -0.15) is 13.2 Å². The lowest BCUT2D eigenvalue weighted by molar-refractivity contribution is -0.384. The highest BCUT2D eigenvalue weighted by Crippen LogP contribution is 2.26. The summed E-state index contributed by atoms with van der Waals surface area (Å²) >= 11 is 0. The molecule has 0 aliphatic carbocycles. The van der Waals surface area contributed by atoms with Crippen LogP contribution in [0.1, 0.15) is 24.8 Å². The Morgan fingerprint density at radius 2 is 2.00 bits per heavy atom. The van der Waals surface area contributed by atoms with Crippen LogP contribution >= 0.6 is 0 Å². The number of halogens is 3. The first kappa shape index (κ1) is 15.3. The quantitative estimate of drug-likeness (QED) is 0.484. The van der Waals surface area contributed by atoms with E-state index in [1.54, 1.807) is 19.1 Å². The van der Waals surface area contributed by atoms with Gasteiger partial charge in [0.1, 0.15) is 5.69 Å². The molecule has 0 amide bonds. The van der Waals surface area contributed by atoms with E-state index >= 15 is 0 Å². The van der Waals surface area contributed by atoms with E-state index in [1.807, 2.05) is 0 Å². The summed E-state index contributed by atoms with van der Waals surface area (Å²) in [7, 11) is 0. The van der Waals surface area contributed by atoms with Crippen molar-refractivity contribution in [2.75, 3.05) is 11.9 Å². The molecule has 7 heteroatoms. The second-order valence-electron chi connectivity index (χ2n) is 4.28. The van der Waals surface area contributed by atoms with Gasteiger partial charge in [0.2, 0.25) is 0 Å². The highest BCUT2D eigenvalue weighted by atomic mass is 19.4. The predicted octanol–water partition coefficient (Wildman–Crippen LogP) is 4.05. The number of rotatable bonds is 6. The number of nitrogens with one attached hydrogen (secondary N) is 1. The van der Waals surface area contributed by atoms with Crippen molar-refractivity contribution < 1.29 is 18.1 Å². The molecule has 19 heavy (non-hydrogen) atoms. The highest BCUT2D eigenvalue weighted by Gasteiger charge is 2.25. The number of nitrogens with zero attached hydrogens (tertiary/aromatic N) is 1. The van der Waals surface area contributed by atoms with E-state index in [9.17, 15) is 23.3 Å². The molecule has 1 N–H and O–H groups in total. The fourth-order valence-corrected chi connectivity index (χ4v) is 1.62. The Hall–Kier alpha value is -1.79. The maximum atomic E-state index is 11.9. The zero-order valence-electron chi connectivity index (χ0n) is 10.5. The van der Waals surface area contributed by atoms with Gasteiger partial charge in [0.15, 0.2) is 0 Å². The van der Waals surface area contributed by atoms with Crippen LogP contribution in [0.2, 0.25) is 0 Å². The zero-order valence-corrected chi connectivity index (χ0v) is 10.5. The smallest absolute Gasteiger partial charge is 0.379 e. The first-order valence-corrected chi connectivity index (χ1v) is 5.85. The van der Waals surface area contributed by atoms with Gasteiger partial charge < -0.3 is 5.32 Å². The lowest BCUT2D eigenvalue weighted by Gasteiger charge is -2.09. The van der Waals surface area contributed by atoms with Crippen molar-refractivity contribution in [2.45, 2.75) is 32.4 Å². The van der Waals surface area contributed by atoms with Gasteiger partial charge in [0.05, 0.1) is 4.92 Å². The van der Waals surface area contributed by atoms with Crippen LogP contribution in [0.5, 0.6) is 0 Å². The molecule has 4 nitrogen and oxygen atoms in total. The van der Waals surface area contributed by atoms with Crippen LogP contribution < -0.4 is 5.32 Å². The van der Waals surface area contributed by atoms with Crippen molar-refractivity contribution in [2.24, 2.45) is 0 Å². The monoisotopic (exact) mass is 276 g/mol. The Kier molecular flexibility index (Phi) is 5.14. The molecule has 0 aromatic heterocycles. The summed E-state index contributed by atoms with van der Waals surface area (Å²) in [4.78, 5) is 10.3. The van der Waals surface area contributed by atoms with Crippen molar-refractivity contribution in [1.82, 2.24) is 0 Å². The number of aryl methyl sites for hydroxylation is 1. The summed E-state index contributed by atoms with van der Waals surface area (Å²) < 4.78 is 35.8. The SMILES string of the molecule is Cc1ccc([N+](=O)[O-])c(NCCCCC(F)(F)F)c1. The average molecular weight is 276 g/mol. The number of hydrogen-bond acceptors (Lipinski definition) is 3. The van der Waals surface area contributed by atoms with E-state index in [1.165, 1.54) is 6.07 Å². The maximum absolute atomic E-state index is 11.9. The van der Waals surface area contributed by atoms with Crippen LogP contribution in [0.25, 0.3) is 0 Å². The van der Waals surface area contributed by atoms with Crippen LogP contribution in [0.15, 0.2) is 18.2 Å². The van der Waals surface area contributed by atoms with Crippen molar-refractivity contribution in [3.8, 4) is 0 Å². The largest absolute Gasteiger partial charge is 0.389 e. The van der Waals surface area contributed by atoms with E-state index in [4.69, 9.17) is 0 Å². The van der Waals surface area contributed by atoms with Crippen molar-refractivity contribution >= 4 is 11.4 Å². The molecule has 0 fully saturated rings. The first-order chi connectivity index (χ1) is 8.79. The fourth-order valence-electron chi connectivity index (χ4n) is 1.62. The molecule has 106 valence electrons. The molecule has 1 aromatic rings. The van der Waals surface area contributed by atoms with Gasteiger partial charge in [0.25, 0.3) is 5.69 Å². The minimum absolute atomic E-state index is 0.0100. The minimum atomic E-state index is -4.14. The number of unbranched alkanes of at least 4 members (excludes halogenated alkanes) is 1. The molecular formula is C12H15F3N2O2. The second kappa shape index (κ2) is 6.40. The first-order valence-electron chi connectivity index (χ1n) is 5.85. The van der Waals surface area contributed by atoms with Crippen LogP contribution in [-0.4, -0.2) is 17.6 Å². The summed E-state index contributed by atoms with van der Waals surface area (Å²) in [5.41, 5.74) is 1.13. The Balaban J connectivity index is 2.49. The van der Waals surface area contributed by atoms with Crippen LogP contribution in [0.4, 0.5) is 24.5 Å². The highest BCUT2D eigenvalue weighted by molar-refractivity contribution is 5.62. The fraction of sp³-hybridized carbons (Fsp3) is 0.500. The Morgan fingerprint density at radius 3 is 2.58 bits per heavy atom. The summed E-state index contributed by atoms with van der Waals surface area (Å²) in [6.07, 6.45) is -4.65. The normalized spacial score (nSPS) is 11.4. The molecule has 0 aliphatic rings. The Morgan fingerprint density at radius 1 is 1.32 bits per heavy atom. The number of benzene rings is 1. The van der Waals surface area contributed by atoms with Crippen molar-refractivity contribution in [1.29, 1.82) is 0 Å². The van der Waals surface area contributed by atoms with Crippen molar-refractivity contribution in [3.05, 3.63) is 33.9 Å². The standard InChI is InChI=1S/C12H15F3N2O2/c1-9-4-5-11(17(18)19)10(8-9)16-7-3-2-6-12(13,14)15/h4-5,8,16H,2-3,6-7H2,1H3. The van der Waals surface area contributed by atoms with E-state index < -0.39 is 17.5 Å². The molecule has 0 saturated heterocycles. The maximum Gasteiger partial charge on any atom is 0.389 e. The molecule has 0 heterocycles. The Labute approximate surface area is 108 Å². The molecule has 0 unspecified atom stereocenters. The lowest BCUT2D eigenvalue weighted by Crippen LogP contribution is -2.09. The van der Waals surface area contributed by atoms with E-state index in [-0.39, 0.29) is 18.7 Å². The van der Waals surface area contributed by atoms with Gasteiger partial charge in [-0.3, -0.25) is 10.1 Å². The van der Waals surface area contributed by atoms with Crippen molar-refractivity contribution in [3.63, 3.8) is 0 Å². The molecule has 0 aliphatic heterocycles. The summed E-state index contributed by atoms with van der Waals surface area (Å²) in [5, 5.41) is 13.6. The Bertz CT molecular complexity index is 447. The summed E-state index contributed by atoms with van der Waals surface area (Å²) in [6, 6.07) is 4.61. The van der Waals surface area contributed by atoms with Crippen LogP contribution in [0, 0.1) is 17.0 Å². The van der Waals surface area contributed by atoms with Gasteiger partial charge >= 0.3 is 6.18 Å². The van der Waals surface area contributed by atoms with Gasteiger partial charge in [-0.25, -0.2) is 0 Å². The molecule has 0 spiro atoms. The second-order valence-corrected chi connectivity index (χ2v) is 4.28. The molecule has 0 saturated carbocycles. The van der Waals surface area contributed by atoms with Crippen LogP contribution in [0.3, 0.4) is 0 Å². The third kappa shape index (κ3) is 5.58. The third-order valence-electron chi connectivity index (χ3n) is 2.55. The molecule has 1 rings (SSSR count). The van der Waals surface area contributed by atoms with Gasteiger partial charge in [-0.05, 0) is 31.4 Å². The number of hydrogen-bond donors (Lipinski definition) is 1. The van der Waals surface area contributed by atoms with E-state index in [0.717, 1.165) is 5.56 Å². The minimum Gasteiger partial charge on any atom is -0.379 e. The molecular weight excluding hydrogens is 261 g/mol. The number of alkyl halides is 3.